The average molecular weight is 410 g/mol. The van der Waals surface area contributed by atoms with Crippen molar-refractivity contribution in [2.24, 2.45) is 11.8 Å². The SMILES string of the molecule is O=C1[C@@H]2[C@@H](C(=O)N1c1ccc(F)cc1)[C@]1(C(=O)Nc3ccc(F)cc31)[NH+]1CCC[C@@H]21. The van der Waals surface area contributed by atoms with E-state index in [1.807, 2.05) is 0 Å². The van der Waals surface area contributed by atoms with Crippen LogP contribution >= 0.6 is 0 Å². The Morgan fingerprint density at radius 1 is 1.00 bits per heavy atom. The molecule has 4 heterocycles. The van der Waals surface area contributed by atoms with E-state index in [1.54, 1.807) is 0 Å². The number of hydrogen-bond donors (Lipinski definition) is 2. The lowest BCUT2D eigenvalue weighted by Gasteiger charge is -2.33. The molecule has 0 radical (unpaired) electrons. The van der Waals surface area contributed by atoms with Crippen LogP contribution in [0, 0.1) is 23.5 Å². The van der Waals surface area contributed by atoms with Gasteiger partial charge in [-0.05, 0) is 42.5 Å². The summed E-state index contributed by atoms with van der Waals surface area (Å²) >= 11 is 0. The maximum Gasteiger partial charge on any atom is 0.291 e. The van der Waals surface area contributed by atoms with Crippen molar-refractivity contribution in [3.63, 3.8) is 0 Å². The number of fused-ring (bicyclic) bond motifs is 7. The van der Waals surface area contributed by atoms with Gasteiger partial charge in [-0.25, -0.2) is 13.7 Å². The lowest BCUT2D eigenvalue weighted by molar-refractivity contribution is -0.948. The van der Waals surface area contributed by atoms with E-state index in [0.717, 1.165) is 16.2 Å². The molecule has 0 bridgehead atoms. The minimum Gasteiger partial charge on any atom is -0.320 e. The molecule has 3 fully saturated rings. The summed E-state index contributed by atoms with van der Waals surface area (Å²) in [4.78, 5) is 42.4. The summed E-state index contributed by atoms with van der Waals surface area (Å²) in [5, 5.41) is 2.82. The van der Waals surface area contributed by atoms with Gasteiger partial charge < -0.3 is 10.2 Å². The third-order valence-corrected chi connectivity index (χ3v) is 7.26. The maximum atomic E-state index is 14.2. The van der Waals surface area contributed by atoms with Gasteiger partial charge in [0, 0.05) is 18.4 Å². The Bertz CT molecular complexity index is 1130. The molecule has 0 aromatic heterocycles. The largest absolute Gasteiger partial charge is 0.320 e. The fourth-order valence-corrected chi connectivity index (χ4v) is 6.28. The number of nitrogens with zero attached hydrogens (tertiary/aromatic N) is 1. The van der Waals surface area contributed by atoms with Crippen molar-refractivity contribution >= 4 is 29.1 Å². The molecule has 2 N–H and O–H groups in total. The predicted molar refractivity (Wildman–Crippen MR) is 101 cm³/mol. The molecule has 152 valence electrons. The number of imide groups is 1. The number of anilines is 2. The van der Waals surface area contributed by atoms with Crippen LogP contribution in [0.2, 0.25) is 0 Å². The average Bonchev–Trinajstić information content (AvgIpc) is 3.42. The van der Waals surface area contributed by atoms with Crippen molar-refractivity contribution in [3.05, 3.63) is 59.7 Å². The minimum atomic E-state index is -1.33. The normalized spacial score (nSPS) is 33.8. The summed E-state index contributed by atoms with van der Waals surface area (Å²) in [5.74, 6) is -3.75. The van der Waals surface area contributed by atoms with Gasteiger partial charge in [-0.2, -0.15) is 0 Å². The van der Waals surface area contributed by atoms with Crippen molar-refractivity contribution in [3.8, 4) is 0 Å². The second kappa shape index (κ2) is 5.72. The number of hydrogen-bond acceptors (Lipinski definition) is 3. The first-order valence-corrected chi connectivity index (χ1v) is 10.1. The summed E-state index contributed by atoms with van der Waals surface area (Å²) in [7, 11) is 0. The van der Waals surface area contributed by atoms with E-state index >= 15 is 0 Å². The van der Waals surface area contributed by atoms with Crippen LogP contribution in [0.1, 0.15) is 18.4 Å². The standard InChI is InChI=1S/C22H17F2N3O3/c23-11-3-6-13(7-4-11)27-19(28)17-16-2-1-9-26(16)22(18(17)20(27)29)14-10-12(24)5-8-15(14)25-21(22)30/h3-8,10,16-18H,1-2,9H2,(H,25,30)/p+1/t16-,17-,18-,22+/m0/s1. The summed E-state index contributed by atoms with van der Waals surface area (Å²) in [6, 6.07) is 9.07. The predicted octanol–water partition coefficient (Wildman–Crippen LogP) is 0.979. The number of carbonyl (C=O) groups is 3. The Labute approximate surface area is 170 Å². The van der Waals surface area contributed by atoms with Crippen molar-refractivity contribution in [2.75, 3.05) is 16.8 Å². The molecule has 8 heteroatoms. The number of carbonyl (C=O) groups excluding carboxylic acids is 3. The fraction of sp³-hybridized carbons (Fsp3) is 0.318. The molecule has 5 atom stereocenters. The highest BCUT2D eigenvalue weighted by molar-refractivity contribution is 6.25. The van der Waals surface area contributed by atoms with Crippen LogP contribution in [0.5, 0.6) is 0 Å². The van der Waals surface area contributed by atoms with Gasteiger partial charge in [-0.15, -0.1) is 0 Å². The Hall–Kier alpha value is -3.13. The highest BCUT2D eigenvalue weighted by atomic mass is 19.1. The molecule has 3 amide bonds. The lowest BCUT2D eigenvalue weighted by Crippen LogP contribution is -3.19. The summed E-state index contributed by atoms with van der Waals surface area (Å²) in [6.45, 7) is 0.637. The van der Waals surface area contributed by atoms with Crippen molar-refractivity contribution in [1.82, 2.24) is 0 Å². The number of benzene rings is 2. The van der Waals surface area contributed by atoms with Gasteiger partial charge in [0.2, 0.25) is 17.4 Å². The zero-order chi connectivity index (χ0) is 20.8. The molecule has 6 rings (SSSR count). The molecular formula is C22H18F2N3O3+. The third-order valence-electron chi connectivity index (χ3n) is 7.26. The van der Waals surface area contributed by atoms with E-state index in [1.165, 1.54) is 42.5 Å². The van der Waals surface area contributed by atoms with E-state index in [-0.39, 0.29) is 23.5 Å². The topological polar surface area (TPSA) is 70.9 Å². The van der Waals surface area contributed by atoms with Crippen LogP contribution in [0.25, 0.3) is 0 Å². The monoisotopic (exact) mass is 410 g/mol. The van der Waals surface area contributed by atoms with Gasteiger partial charge in [-0.3, -0.25) is 14.4 Å². The van der Waals surface area contributed by atoms with Gasteiger partial charge >= 0.3 is 0 Å². The van der Waals surface area contributed by atoms with E-state index in [2.05, 4.69) is 5.32 Å². The minimum absolute atomic E-state index is 0.197. The number of nitrogens with one attached hydrogen (secondary N) is 2. The Balaban J connectivity index is 1.56. The molecule has 3 saturated heterocycles. The highest BCUT2D eigenvalue weighted by Gasteiger charge is 2.78. The number of amides is 3. The molecular weight excluding hydrogens is 392 g/mol. The van der Waals surface area contributed by atoms with Crippen LogP contribution < -0.4 is 15.1 Å². The lowest BCUT2D eigenvalue weighted by atomic mass is 9.75. The van der Waals surface area contributed by atoms with Crippen LogP contribution in [-0.4, -0.2) is 30.3 Å². The Morgan fingerprint density at radius 3 is 2.50 bits per heavy atom. The Morgan fingerprint density at radius 2 is 1.73 bits per heavy atom. The third kappa shape index (κ3) is 1.92. The maximum absolute atomic E-state index is 14.2. The molecule has 2 aromatic rings. The van der Waals surface area contributed by atoms with Crippen molar-refractivity contribution < 1.29 is 28.1 Å². The number of halogens is 2. The van der Waals surface area contributed by atoms with Gasteiger partial charge in [0.1, 0.15) is 29.5 Å². The molecule has 0 saturated carbocycles. The second-order valence-corrected chi connectivity index (χ2v) is 8.47. The molecule has 1 spiro atoms. The summed E-state index contributed by atoms with van der Waals surface area (Å²) < 4.78 is 27.6. The van der Waals surface area contributed by atoms with E-state index in [4.69, 9.17) is 0 Å². The van der Waals surface area contributed by atoms with Crippen LogP contribution in [-0.2, 0) is 19.9 Å². The molecule has 6 nitrogen and oxygen atoms in total. The molecule has 2 aromatic carbocycles. The summed E-state index contributed by atoms with van der Waals surface area (Å²) in [6.07, 6.45) is 1.54. The first-order chi connectivity index (χ1) is 14.4. The number of quaternary nitrogens is 1. The first kappa shape index (κ1) is 17.7. The quantitative estimate of drug-likeness (QED) is 0.689. The van der Waals surface area contributed by atoms with Gasteiger partial charge in [0.05, 0.1) is 17.9 Å². The number of rotatable bonds is 1. The van der Waals surface area contributed by atoms with Gasteiger partial charge in [-0.1, -0.05) is 0 Å². The van der Waals surface area contributed by atoms with Crippen molar-refractivity contribution in [2.45, 2.75) is 24.4 Å². The molecule has 30 heavy (non-hydrogen) atoms. The van der Waals surface area contributed by atoms with E-state index < -0.39 is 34.9 Å². The van der Waals surface area contributed by atoms with Crippen LogP contribution in [0.3, 0.4) is 0 Å². The van der Waals surface area contributed by atoms with E-state index in [0.29, 0.717) is 24.2 Å². The second-order valence-electron chi connectivity index (χ2n) is 8.47. The molecule has 4 aliphatic rings. The van der Waals surface area contributed by atoms with E-state index in [9.17, 15) is 23.2 Å². The molecule has 0 aliphatic carbocycles. The van der Waals surface area contributed by atoms with Crippen molar-refractivity contribution in [1.29, 1.82) is 0 Å². The smallest absolute Gasteiger partial charge is 0.291 e. The van der Waals surface area contributed by atoms with Crippen LogP contribution in [0.15, 0.2) is 42.5 Å². The van der Waals surface area contributed by atoms with Gasteiger partial charge in [0.15, 0.2) is 0 Å². The van der Waals surface area contributed by atoms with Crippen LogP contribution in [0.4, 0.5) is 20.2 Å². The fourth-order valence-electron chi connectivity index (χ4n) is 6.28. The van der Waals surface area contributed by atoms with Gasteiger partial charge in [0.25, 0.3) is 5.91 Å². The highest BCUT2D eigenvalue weighted by Crippen LogP contribution is 2.52. The first-order valence-electron chi connectivity index (χ1n) is 10.1. The zero-order valence-electron chi connectivity index (χ0n) is 15.8. The molecule has 4 aliphatic heterocycles. The Kier molecular flexibility index (Phi) is 3.38. The zero-order valence-corrected chi connectivity index (χ0v) is 15.8. The molecule has 1 unspecified atom stereocenters. The summed E-state index contributed by atoms with van der Waals surface area (Å²) in [5.41, 5.74) is -0.108.